The number of hydrogen-bond donors (Lipinski definition) is 1. The zero-order chi connectivity index (χ0) is 19.3. The highest BCUT2D eigenvalue weighted by molar-refractivity contribution is 7.88. The highest BCUT2D eigenvalue weighted by atomic mass is 32.2. The summed E-state index contributed by atoms with van der Waals surface area (Å²) in [6.45, 7) is 0.728. The van der Waals surface area contributed by atoms with Crippen molar-refractivity contribution in [1.29, 1.82) is 0 Å². The average molecular weight is 397 g/mol. The van der Waals surface area contributed by atoms with Gasteiger partial charge in [-0.1, -0.05) is 12.1 Å². The predicted molar refractivity (Wildman–Crippen MR) is 106 cm³/mol. The van der Waals surface area contributed by atoms with Gasteiger partial charge in [0, 0.05) is 37.7 Å². The van der Waals surface area contributed by atoms with Crippen molar-refractivity contribution in [3.05, 3.63) is 51.7 Å². The topological polar surface area (TPSA) is 77.9 Å². The Bertz CT molecular complexity index is 842. The van der Waals surface area contributed by atoms with Crippen LogP contribution >= 0.6 is 11.3 Å². The molecular formula is C18H24N2O4S2. The van der Waals surface area contributed by atoms with Crippen LogP contribution in [0.15, 0.2) is 36.4 Å². The summed E-state index contributed by atoms with van der Waals surface area (Å²) in [5, 5.41) is 8.96. The van der Waals surface area contributed by atoms with E-state index >= 15 is 0 Å². The molecule has 2 rings (SSSR count). The highest BCUT2D eigenvalue weighted by Crippen LogP contribution is 2.19. The lowest BCUT2D eigenvalue weighted by Crippen LogP contribution is -2.30. The minimum Gasteiger partial charge on any atom is -0.477 e. The lowest BCUT2D eigenvalue weighted by Gasteiger charge is -2.20. The fraction of sp³-hybridized carbons (Fsp3) is 0.389. The first-order valence-electron chi connectivity index (χ1n) is 8.20. The number of anilines is 1. The molecule has 0 radical (unpaired) electrons. The second kappa shape index (κ2) is 8.66. The fourth-order valence-electron chi connectivity index (χ4n) is 2.52. The SMILES string of the molecule is CN(C)c1ccc(CN(CCCc2ccc(C(=O)O)s2)S(C)(=O)=O)cc1. The summed E-state index contributed by atoms with van der Waals surface area (Å²) >= 11 is 1.24. The summed E-state index contributed by atoms with van der Waals surface area (Å²) in [5.74, 6) is -0.930. The van der Waals surface area contributed by atoms with Gasteiger partial charge in [-0.25, -0.2) is 13.2 Å². The molecule has 0 aliphatic rings. The molecule has 0 saturated carbocycles. The third-order valence-corrected chi connectivity index (χ3v) is 6.37. The van der Waals surface area contributed by atoms with Crippen LogP contribution in [0.25, 0.3) is 0 Å². The number of rotatable bonds is 9. The lowest BCUT2D eigenvalue weighted by atomic mass is 10.2. The molecule has 0 saturated heterocycles. The van der Waals surface area contributed by atoms with Gasteiger partial charge in [0.05, 0.1) is 6.26 Å². The number of benzene rings is 1. The number of sulfonamides is 1. The van der Waals surface area contributed by atoms with Crippen molar-refractivity contribution in [3.63, 3.8) is 0 Å². The maximum atomic E-state index is 12.1. The number of aryl methyl sites for hydroxylation is 1. The number of aromatic carboxylic acids is 1. The number of carboxylic acids is 1. The van der Waals surface area contributed by atoms with Crippen LogP contribution in [0.5, 0.6) is 0 Å². The molecule has 1 N–H and O–H groups in total. The Morgan fingerprint density at radius 2 is 1.77 bits per heavy atom. The van der Waals surface area contributed by atoms with Gasteiger partial charge in [-0.3, -0.25) is 0 Å². The molecule has 1 aromatic carbocycles. The van der Waals surface area contributed by atoms with Crippen LogP contribution in [-0.4, -0.2) is 50.7 Å². The maximum absolute atomic E-state index is 12.1. The summed E-state index contributed by atoms with van der Waals surface area (Å²) in [4.78, 5) is 14.2. The maximum Gasteiger partial charge on any atom is 0.345 e. The molecule has 1 aromatic heterocycles. The summed E-state index contributed by atoms with van der Waals surface area (Å²) in [5.41, 5.74) is 2.00. The molecule has 0 unspecified atom stereocenters. The van der Waals surface area contributed by atoms with Gasteiger partial charge in [0.15, 0.2) is 0 Å². The zero-order valence-corrected chi connectivity index (χ0v) is 16.8. The third kappa shape index (κ3) is 5.82. The number of nitrogens with zero attached hydrogens (tertiary/aromatic N) is 2. The van der Waals surface area contributed by atoms with Gasteiger partial charge in [0.2, 0.25) is 10.0 Å². The molecule has 0 aliphatic carbocycles. The molecule has 0 bridgehead atoms. The largest absolute Gasteiger partial charge is 0.477 e. The Balaban J connectivity index is 1.97. The molecule has 6 nitrogen and oxygen atoms in total. The molecule has 26 heavy (non-hydrogen) atoms. The van der Waals surface area contributed by atoms with Gasteiger partial charge < -0.3 is 10.0 Å². The molecule has 0 aliphatic heterocycles. The van der Waals surface area contributed by atoms with E-state index in [0.29, 0.717) is 30.8 Å². The number of thiophene rings is 1. The van der Waals surface area contributed by atoms with Crippen molar-refractivity contribution in [2.45, 2.75) is 19.4 Å². The third-order valence-electron chi connectivity index (χ3n) is 3.98. The van der Waals surface area contributed by atoms with Crippen LogP contribution in [0.2, 0.25) is 0 Å². The van der Waals surface area contributed by atoms with Crippen molar-refractivity contribution in [2.24, 2.45) is 0 Å². The van der Waals surface area contributed by atoms with Crippen LogP contribution in [0.3, 0.4) is 0 Å². The Morgan fingerprint density at radius 1 is 1.12 bits per heavy atom. The monoisotopic (exact) mass is 396 g/mol. The smallest absolute Gasteiger partial charge is 0.345 e. The van der Waals surface area contributed by atoms with Crippen molar-refractivity contribution in [1.82, 2.24) is 4.31 Å². The van der Waals surface area contributed by atoms with Crippen LogP contribution < -0.4 is 4.90 Å². The van der Waals surface area contributed by atoms with E-state index in [1.807, 2.05) is 43.3 Å². The average Bonchev–Trinajstić information content (AvgIpc) is 3.02. The highest BCUT2D eigenvalue weighted by Gasteiger charge is 2.17. The Morgan fingerprint density at radius 3 is 2.27 bits per heavy atom. The number of hydrogen-bond acceptors (Lipinski definition) is 5. The summed E-state index contributed by atoms with van der Waals surface area (Å²) in [7, 11) is 0.593. The first-order chi connectivity index (χ1) is 12.2. The Labute approximate surface area is 158 Å². The summed E-state index contributed by atoms with van der Waals surface area (Å²) < 4.78 is 25.6. The van der Waals surface area contributed by atoms with Crippen LogP contribution in [-0.2, 0) is 23.0 Å². The quantitative estimate of drug-likeness (QED) is 0.705. The number of carboxylic acid groups (broad SMARTS) is 1. The van der Waals surface area contributed by atoms with Crippen LogP contribution in [0.1, 0.15) is 26.5 Å². The van der Waals surface area contributed by atoms with E-state index < -0.39 is 16.0 Å². The molecule has 1 heterocycles. The minimum absolute atomic E-state index is 0.306. The van der Waals surface area contributed by atoms with E-state index in [0.717, 1.165) is 16.1 Å². The van der Waals surface area contributed by atoms with Crippen molar-refractivity contribution >= 4 is 33.0 Å². The van der Waals surface area contributed by atoms with E-state index in [4.69, 9.17) is 5.11 Å². The van der Waals surface area contributed by atoms with Crippen molar-refractivity contribution in [2.75, 3.05) is 31.8 Å². The predicted octanol–water partition coefficient (Wildman–Crippen LogP) is 2.91. The molecule has 0 spiro atoms. The van der Waals surface area contributed by atoms with Gasteiger partial charge in [-0.15, -0.1) is 11.3 Å². The Kier molecular flexibility index (Phi) is 6.80. The minimum atomic E-state index is -3.32. The van der Waals surface area contributed by atoms with Gasteiger partial charge >= 0.3 is 5.97 Å². The molecule has 142 valence electrons. The second-order valence-corrected chi connectivity index (χ2v) is 9.48. The standard InChI is InChI=1S/C18H24N2O4S2/c1-19(2)15-8-6-14(7-9-15)13-20(26(3,23)24)12-4-5-16-10-11-17(25-16)18(21)22/h6-11H,4-5,12-13H2,1-3H3,(H,21,22). The summed E-state index contributed by atoms with van der Waals surface area (Å²) in [6, 6.07) is 11.2. The number of carbonyl (C=O) groups is 1. The second-order valence-electron chi connectivity index (χ2n) is 6.33. The van der Waals surface area contributed by atoms with Gasteiger partial charge in [-0.2, -0.15) is 4.31 Å². The van der Waals surface area contributed by atoms with E-state index in [9.17, 15) is 13.2 Å². The van der Waals surface area contributed by atoms with E-state index in [1.165, 1.54) is 21.9 Å². The Hall–Kier alpha value is -1.90. The van der Waals surface area contributed by atoms with Crippen LogP contribution in [0.4, 0.5) is 5.69 Å². The molecular weight excluding hydrogens is 372 g/mol. The van der Waals surface area contributed by atoms with Gasteiger partial charge in [-0.05, 0) is 42.7 Å². The molecule has 0 amide bonds. The first kappa shape index (κ1) is 20.4. The molecule has 0 fully saturated rings. The lowest BCUT2D eigenvalue weighted by molar-refractivity contribution is 0.0702. The molecule has 0 atom stereocenters. The van der Waals surface area contributed by atoms with E-state index in [2.05, 4.69) is 0 Å². The molecule has 8 heteroatoms. The fourth-order valence-corrected chi connectivity index (χ4v) is 4.25. The van der Waals surface area contributed by atoms with Crippen molar-refractivity contribution < 1.29 is 18.3 Å². The van der Waals surface area contributed by atoms with Gasteiger partial charge in [0.25, 0.3) is 0 Å². The van der Waals surface area contributed by atoms with Gasteiger partial charge in [0.1, 0.15) is 4.88 Å². The molecule has 2 aromatic rings. The van der Waals surface area contributed by atoms with Crippen molar-refractivity contribution in [3.8, 4) is 0 Å². The summed E-state index contributed by atoms with van der Waals surface area (Å²) in [6.07, 6.45) is 2.51. The first-order valence-corrected chi connectivity index (χ1v) is 10.9. The van der Waals surface area contributed by atoms with E-state index in [1.54, 1.807) is 12.1 Å². The van der Waals surface area contributed by atoms with Crippen LogP contribution in [0, 0.1) is 0 Å². The normalized spacial score (nSPS) is 11.7. The zero-order valence-electron chi connectivity index (χ0n) is 15.2. The van der Waals surface area contributed by atoms with E-state index in [-0.39, 0.29) is 0 Å².